The first-order valence-electron chi connectivity index (χ1n) is 11.6. The summed E-state index contributed by atoms with van der Waals surface area (Å²) < 4.78 is 5.24. The molecule has 0 bridgehead atoms. The zero-order valence-corrected chi connectivity index (χ0v) is 20.8. The number of anilines is 2. The highest BCUT2D eigenvalue weighted by molar-refractivity contribution is 7.17. The van der Waals surface area contributed by atoms with Gasteiger partial charge in [0.1, 0.15) is 10.9 Å². The zero-order chi connectivity index (χ0) is 24.9. The topological polar surface area (TPSA) is 76.2 Å². The predicted molar refractivity (Wildman–Crippen MR) is 133 cm³/mol. The first-order chi connectivity index (χ1) is 16.8. The van der Waals surface area contributed by atoms with Crippen LogP contribution in [0.25, 0.3) is 0 Å². The third kappa shape index (κ3) is 3.73. The van der Waals surface area contributed by atoms with Gasteiger partial charge in [0, 0.05) is 4.88 Å². The Labute approximate surface area is 207 Å². The molecule has 3 heterocycles. The second-order valence-electron chi connectivity index (χ2n) is 8.76. The number of esters is 1. The van der Waals surface area contributed by atoms with Crippen molar-refractivity contribution in [1.82, 2.24) is 0 Å². The molecule has 3 atom stereocenters. The van der Waals surface area contributed by atoms with E-state index in [1.54, 1.807) is 18.9 Å². The summed E-state index contributed by atoms with van der Waals surface area (Å²) in [5, 5.41) is 1.98. The van der Waals surface area contributed by atoms with Gasteiger partial charge in [0.15, 0.2) is 6.10 Å². The molecule has 0 radical (unpaired) electrons. The third-order valence-corrected chi connectivity index (χ3v) is 7.79. The number of para-hydroxylation sites is 1. The van der Waals surface area contributed by atoms with Gasteiger partial charge < -0.3 is 4.74 Å². The lowest BCUT2D eigenvalue weighted by Crippen LogP contribution is -2.37. The van der Waals surface area contributed by atoms with Crippen LogP contribution in [0.3, 0.4) is 0 Å². The van der Waals surface area contributed by atoms with Gasteiger partial charge in [0.25, 0.3) is 5.91 Å². The van der Waals surface area contributed by atoms with Crippen LogP contribution in [-0.4, -0.2) is 30.5 Å². The lowest BCUT2D eigenvalue weighted by molar-refractivity contribution is -0.126. The minimum Gasteiger partial charge on any atom is -0.462 e. The lowest BCUT2D eigenvalue weighted by Gasteiger charge is -2.28. The van der Waals surface area contributed by atoms with Gasteiger partial charge in [0.05, 0.1) is 23.9 Å². The van der Waals surface area contributed by atoms with Crippen LogP contribution in [0.1, 0.15) is 44.9 Å². The summed E-state index contributed by atoms with van der Waals surface area (Å²) in [4.78, 5) is 48.5. The van der Waals surface area contributed by atoms with Gasteiger partial charge in [0.2, 0.25) is 5.91 Å². The third-order valence-electron chi connectivity index (χ3n) is 6.59. The number of thiophene rings is 1. The minimum atomic E-state index is -0.994. The average Bonchev–Trinajstić information content (AvgIpc) is 3.45. The standard InChI is InChI=1S/C27H26N2O5S/c1-5-33-27(32)20-16(3)17(4)35-26(20)28-24(30)21-22(18-13-11-15(2)12-14-18)29(34-23(21)25(28)31)19-9-7-6-8-10-19/h6-14,21-23H,5H2,1-4H3/t21-,22+,23-/m0/s1. The largest absolute Gasteiger partial charge is 0.462 e. The Morgan fingerprint density at radius 1 is 1.00 bits per heavy atom. The summed E-state index contributed by atoms with van der Waals surface area (Å²) in [5.41, 5.74) is 3.70. The van der Waals surface area contributed by atoms with E-state index in [1.165, 1.54) is 11.3 Å². The molecule has 2 amide bonds. The molecular weight excluding hydrogens is 464 g/mol. The van der Waals surface area contributed by atoms with Gasteiger partial charge in [-0.1, -0.05) is 48.0 Å². The number of hydrogen-bond acceptors (Lipinski definition) is 7. The van der Waals surface area contributed by atoms with Crippen molar-refractivity contribution in [3.63, 3.8) is 0 Å². The smallest absolute Gasteiger partial charge is 0.341 e. The summed E-state index contributed by atoms with van der Waals surface area (Å²) in [6.07, 6.45) is -0.994. The van der Waals surface area contributed by atoms with Crippen molar-refractivity contribution in [3.05, 3.63) is 81.7 Å². The van der Waals surface area contributed by atoms with Crippen LogP contribution in [0.2, 0.25) is 0 Å². The normalized spacial score (nSPS) is 21.5. The number of carbonyl (C=O) groups is 3. The summed E-state index contributed by atoms with van der Waals surface area (Å²) in [7, 11) is 0. The van der Waals surface area contributed by atoms with Gasteiger partial charge >= 0.3 is 5.97 Å². The number of rotatable bonds is 5. The number of ether oxygens (including phenoxy) is 1. The van der Waals surface area contributed by atoms with Gasteiger partial charge in [-0.3, -0.25) is 14.4 Å². The maximum Gasteiger partial charge on any atom is 0.341 e. The Balaban J connectivity index is 1.59. The van der Waals surface area contributed by atoms with Crippen molar-refractivity contribution in [3.8, 4) is 0 Å². The number of fused-ring (bicyclic) bond motifs is 1. The molecular formula is C27H26N2O5S. The Morgan fingerprint density at radius 3 is 2.34 bits per heavy atom. The van der Waals surface area contributed by atoms with E-state index in [0.717, 1.165) is 26.6 Å². The molecule has 35 heavy (non-hydrogen) atoms. The van der Waals surface area contributed by atoms with Gasteiger partial charge in [-0.15, -0.1) is 11.3 Å². The molecule has 3 aromatic rings. The molecule has 2 fully saturated rings. The second kappa shape index (κ2) is 8.94. The highest BCUT2D eigenvalue weighted by atomic mass is 32.1. The molecule has 180 valence electrons. The average molecular weight is 491 g/mol. The molecule has 1 aromatic heterocycles. The van der Waals surface area contributed by atoms with Crippen LogP contribution < -0.4 is 9.96 Å². The summed E-state index contributed by atoms with van der Waals surface area (Å²) in [6.45, 7) is 7.58. The first kappa shape index (κ1) is 23.3. The molecule has 7 nitrogen and oxygen atoms in total. The van der Waals surface area contributed by atoms with E-state index >= 15 is 0 Å². The van der Waals surface area contributed by atoms with E-state index in [9.17, 15) is 14.4 Å². The van der Waals surface area contributed by atoms with E-state index in [4.69, 9.17) is 9.57 Å². The molecule has 8 heteroatoms. The highest BCUT2D eigenvalue weighted by Gasteiger charge is 2.61. The van der Waals surface area contributed by atoms with Crippen molar-refractivity contribution < 1.29 is 24.0 Å². The van der Waals surface area contributed by atoms with Crippen LogP contribution in [0.15, 0.2) is 54.6 Å². The Kier molecular flexibility index (Phi) is 5.94. The van der Waals surface area contributed by atoms with E-state index in [2.05, 4.69) is 0 Å². The second-order valence-corrected chi connectivity index (χ2v) is 9.97. The number of carbonyl (C=O) groups excluding carboxylic acids is 3. The van der Waals surface area contributed by atoms with Crippen molar-refractivity contribution in [1.29, 1.82) is 0 Å². The molecule has 2 saturated heterocycles. The fourth-order valence-corrected chi connectivity index (χ4v) is 5.88. The molecule has 5 rings (SSSR count). The monoisotopic (exact) mass is 490 g/mol. The number of benzene rings is 2. The number of nitrogens with zero attached hydrogens (tertiary/aromatic N) is 2. The molecule has 0 N–H and O–H groups in total. The van der Waals surface area contributed by atoms with Crippen molar-refractivity contribution in [2.24, 2.45) is 5.92 Å². The summed E-state index contributed by atoms with van der Waals surface area (Å²) >= 11 is 1.25. The Morgan fingerprint density at radius 2 is 1.69 bits per heavy atom. The van der Waals surface area contributed by atoms with Gasteiger partial charge in [-0.25, -0.2) is 14.8 Å². The molecule has 0 saturated carbocycles. The molecule has 0 unspecified atom stereocenters. The van der Waals surface area contributed by atoms with E-state index < -0.39 is 29.9 Å². The number of amides is 2. The highest BCUT2D eigenvalue weighted by Crippen LogP contribution is 2.49. The summed E-state index contributed by atoms with van der Waals surface area (Å²) in [6, 6.07) is 16.8. The number of imide groups is 1. The summed E-state index contributed by atoms with van der Waals surface area (Å²) in [5.74, 6) is -2.15. The molecule has 2 aromatic carbocycles. The van der Waals surface area contributed by atoms with Crippen LogP contribution in [0.4, 0.5) is 10.7 Å². The fraction of sp³-hybridized carbons (Fsp3) is 0.296. The van der Waals surface area contributed by atoms with Crippen LogP contribution in [0, 0.1) is 26.7 Å². The number of aryl methyl sites for hydroxylation is 2. The van der Waals surface area contributed by atoms with Crippen molar-refractivity contribution in [2.75, 3.05) is 16.6 Å². The van der Waals surface area contributed by atoms with Crippen LogP contribution >= 0.6 is 11.3 Å². The fourth-order valence-electron chi connectivity index (χ4n) is 4.73. The van der Waals surface area contributed by atoms with E-state index in [0.29, 0.717) is 10.6 Å². The van der Waals surface area contributed by atoms with Crippen LogP contribution in [-0.2, 0) is 19.2 Å². The maximum absolute atomic E-state index is 13.9. The first-order valence-corrected chi connectivity index (χ1v) is 12.4. The van der Waals surface area contributed by atoms with Gasteiger partial charge in [-0.05, 0) is 51.0 Å². The molecule has 2 aliphatic rings. The Hall–Kier alpha value is -3.49. The van der Waals surface area contributed by atoms with E-state index in [-0.39, 0.29) is 18.1 Å². The Bertz CT molecular complexity index is 1300. The van der Waals surface area contributed by atoms with Crippen molar-refractivity contribution >= 4 is 39.8 Å². The quantitative estimate of drug-likeness (QED) is 0.374. The molecule has 2 aliphatic heterocycles. The van der Waals surface area contributed by atoms with E-state index in [1.807, 2.05) is 68.4 Å². The number of hydrogen-bond donors (Lipinski definition) is 0. The maximum atomic E-state index is 13.9. The van der Waals surface area contributed by atoms with Gasteiger partial charge in [-0.2, -0.15) is 0 Å². The molecule has 0 aliphatic carbocycles. The van der Waals surface area contributed by atoms with Crippen molar-refractivity contribution in [2.45, 2.75) is 39.8 Å². The molecule has 0 spiro atoms. The van der Waals surface area contributed by atoms with Crippen LogP contribution in [0.5, 0.6) is 0 Å². The lowest BCUT2D eigenvalue weighted by atomic mass is 9.90. The zero-order valence-electron chi connectivity index (χ0n) is 20.0. The SMILES string of the molecule is CCOC(=O)c1c(N2C(=O)[C@@H]3[C@H](ON(c4ccccc4)[C@@H]3c3ccc(C)cc3)C2=O)sc(C)c1C. The predicted octanol–water partition coefficient (Wildman–Crippen LogP) is 4.90. The minimum absolute atomic E-state index is 0.199. The number of hydroxylamine groups is 1.